The highest BCUT2D eigenvalue weighted by atomic mass is 19.1. The van der Waals surface area contributed by atoms with Crippen LogP contribution in [0.2, 0.25) is 0 Å². The first-order valence-electron chi connectivity index (χ1n) is 15.8. The molecule has 1 aromatic heterocycles. The number of carbonyl (C=O) groups is 1. The van der Waals surface area contributed by atoms with Crippen LogP contribution in [0.15, 0.2) is 109 Å². The van der Waals surface area contributed by atoms with Crippen molar-refractivity contribution < 1.29 is 19.0 Å². The summed E-state index contributed by atoms with van der Waals surface area (Å²) < 4.78 is 22.3. The number of fused-ring (bicyclic) bond motifs is 1. The third kappa shape index (κ3) is 5.32. The van der Waals surface area contributed by atoms with E-state index in [2.05, 4.69) is 85.6 Å². The molecule has 46 heavy (non-hydrogen) atoms. The molecule has 3 heterocycles. The summed E-state index contributed by atoms with van der Waals surface area (Å²) in [5.41, 5.74) is 5.65. The number of rotatable bonds is 7. The number of ether oxygens (including phenoxy) is 1. The molecule has 1 N–H and O–H groups in total. The van der Waals surface area contributed by atoms with E-state index in [4.69, 9.17) is 9.84 Å². The molecule has 234 valence electrons. The molecule has 4 aromatic carbocycles. The van der Waals surface area contributed by atoms with E-state index in [-0.39, 0.29) is 35.9 Å². The Morgan fingerprint density at radius 3 is 2.17 bits per heavy atom. The number of hydrogen-bond acceptors (Lipinski definition) is 4. The smallest absolute Gasteiger partial charge is 0.412 e. The van der Waals surface area contributed by atoms with Crippen molar-refractivity contribution in [2.24, 2.45) is 0 Å². The summed E-state index contributed by atoms with van der Waals surface area (Å²) in [6.07, 6.45) is 3.57. The van der Waals surface area contributed by atoms with E-state index in [9.17, 15) is 14.3 Å². The van der Waals surface area contributed by atoms with Gasteiger partial charge in [0.15, 0.2) is 0 Å². The lowest BCUT2D eigenvalue weighted by molar-refractivity contribution is 0.00209. The maximum atomic E-state index is 13.8. The molecule has 7 rings (SSSR count). The number of anilines is 1. The fraction of sp³-hybridized carbons (Fsp3) is 0.263. The second-order valence-electron chi connectivity index (χ2n) is 12.5. The van der Waals surface area contributed by atoms with Gasteiger partial charge in [-0.1, -0.05) is 67.6 Å². The highest BCUT2D eigenvalue weighted by Gasteiger charge is 2.42. The predicted octanol–water partition coefficient (Wildman–Crippen LogP) is 8.90. The van der Waals surface area contributed by atoms with Gasteiger partial charge in [-0.15, -0.1) is 0 Å². The van der Waals surface area contributed by atoms with Gasteiger partial charge in [-0.05, 0) is 73.7 Å². The number of benzene rings is 4. The van der Waals surface area contributed by atoms with Gasteiger partial charge in [-0.3, -0.25) is 14.5 Å². The molecular weight excluding hydrogens is 579 g/mol. The van der Waals surface area contributed by atoms with Gasteiger partial charge >= 0.3 is 6.09 Å². The summed E-state index contributed by atoms with van der Waals surface area (Å²) in [4.78, 5) is 16.3. The zero-order valence-corrected chi connectivity index (χ0v) is 26.1. The zero-order chi connectivity index (χ0) is 31.9. The van der Waals surface area contributed by atoms with Crippen molar-refractivity contribution >= 4 is 11.8 Å². The van der Waals surface area contributed by atoms with Gasteiger partial charge in [0, 0.05) is 41.5 Å². The normalized spacial score (nSPS) is 21.1. The maximum absolute atomic E-state index is 13.8. The minimum atomic E-state index is -0.998. The van der Waals surface area contributed by atoms with Crippen molar-refractivity contribution in [1.82, 2.24) is 14.7 Å². The number of likely N-dealkylation sites (tertiary alicyclic amines) is 1. The van der Waals surface area contributed by atoms with Gasteiger partial charge in [0.2, 0.25) is 0 Å². The van der Waals surface area contributed by atoms with Gasteiger partial charge in [-0.25, -0.2) is 9.18 Å². The van der Waals surface area contributed by atoms with Crippen LogP contribution in [0.3, 0.4) is 0 Å². The van der Waals surface area contributed by atoms with Crippen LogP contribution in [0.25, 0.3) is 11.1 Å². The number of carboxylic acid groups (broad SMARTS) is 1. The van der Waals surface area contributed by atoms with Crippen LogP contribution in [-0.2, 0) is 0 Å². The molecule has 1 amide bonds. The summed E-state index contributed by atoms with van der Waals surface area (Å²) in [6.45, 7) is 7.11. The van der Waals surface area contributed by atoms with Gasteiger partial charge in [-0.2, -0.15) is 5.10 Å². The molecule has 2 aliphatic rings. The first-order chi connectivity index (χ1) is 22.3. The van der Waals surface area contributed by atoms with Crippen molar-refractivity contribution in [3.05, 3.63) is 132 Å². The summed E-state index contributed by atoms with van der Waals surface area (Å²) in [5.74, 6) is 0.742. The molecule has 0 saturated carbocycles. The van der Waals surface area contributed by atoms with Crippen LogP contribution in [0.4, 0.5) is 14.9 Å². The Kier molecular flexibility index (Phi) is 7.82. The first kappa shape index (κ1) is 29.7. The summed E-state index contributed by atoms with van der Waals surface area (Å²) in [7, 11) is 0. The molecule has 0 radical (unpaired) electrons. The third-order valence-corrected chi connectivity index (χ3v) is 9.59. The molecule has 2 aliphatic heterocycles. The van der Waals surface area contributed by atoms with E-state index < -0.39 is 6.09 Å². The molecule has 7 nitrogen and oxygen atoms in total. The van der Waals surface area contributed by atoms with Crippen molar-refractivity contribution in [2.45, 2.75) is 57.3 Å². The molecule has 0 spiro atoms. The van der Waals surface area contributed by atoms with Gasteiger partial charge in [0.25, 0.3) is 0 Å². The van der Waals surface area contributed by atoms with Crippen molar-refractivity contribution in [3.8, 4) is 22.6 Å². The zero-order valence-electron chi connectivity index (χ0n) is 26.1. The topological polar surface area (TPSA) is 70.8 Å². The van der Waals surface area contributed by atoms with Crippen molar-refractivity contribution in [1.29, 1.82) is 0 Å². The van der Waals surface area contributed by atoms with E-state index >= 15 is 0 Å². The number of nitrogens with zero attached hydrogens (tertiary/aromatic N) is 4. The minimum absolute atomic E-state index is 0.0409. The Bertz CT molecular complexity index is 1800. The Balaban J connectivity index is 1.23. The number of hydrogen-bond donors (Lipinski definition) is 1. The lowest BCUT2D eigenvalue weighted by atomic mass is 9.85. The second kappa shape index (κ2) is 12.1. The van der Waals surface area contributed by atoms with E-state index in [0.29, 0.717) is 23.6 Å². The Labute approximate surface area is 268 Å². The first-order valence-corrected chi connectivity index (χ1v) is 15.8. The Morgan fingerprint density at radius 2 is 1.57 bits per heavy atom. The lowest BCUT2D eigenvalue weighted by Crippen LogP contribution is -2.56. The average molecular weight is 617 g/mol. The van der Waals surface area contributed by atoms with Gasteiger partial charge < -0.3 is 9.84 Å². The molecule has 3 unspecified atom stereocenters. The number of amides is 1. The van der Waals surface area contributed by atoms with E-state index in [1.807, 2.05) is 29.9 Å². The van der Waals surface area contributed by atoms with E-state index in [1.165, 1.54) is 28.2 Å². The molecule has 5 aromatic rings. The van der Waals surface area contributed by atoms with Crippen LogP contribution in [0, 0.1) is 5.82 Å². The monoisotopic (exact) mass is 616 g/mol. The summed E-state index contributed by atoms with van der Waals surface area (Å²) in [5, 5.41) is 14.9. The molecule has 1 fully saturated rings. The third-order valence-electron chi connectivity index (χ3n) is 9.59. The van der Waals surface area contributed by atoms with Gasteiger partial charge in [0.1, 0.15) is 17.3 Å². The Hall–Kier alpha value is -4.95. The quantitative estimate of drug-likeness (QED) is 0.198. The van der Waals surface area contributed by atoms with Crippen LogP contribution in [0.1, 0.15) is 61.9 Å². The lowest BCUT2D eigenvalue weighted by Gasteiger charge is -2.50. The van der Waals surface area contributed by atoms with E-state index in [1.54, 1.807) is 12.1 Å². The number of aromatic nitrogens is 2. The minimum Gasteiger partial charge on any atom is -0.465 e. The molecular formula is C38H37FN4O3. The van der Waals surface area contributed by atoms with Crippen LogP contribution < -0.4 is 9.64 Å². The highest BCUT2D eigenvalue weighted by molar-refractivity contribution is 5.91. The number of halogens is 1. The second-order valence-corrected chi connectivity index (χ2v) is 12.5. The molecule has 4 atom stereocenters. The van der Waals surface area contributed by atoms with Crippen LogP contribution in [0.5, 0.6) is 11.5 Å². The SMILES string of the molecule is CC1C[C@H](C)c2c(ccc(-c3cnn(C4CN(C(c5ccccc5)c5ccccc5)C4C)c3)c2Oc2ccc(F)cc2)N1C(=O)O. The molecule has 8 heteroatoms. The van der Waals surface area contributed by atoms with Crippen molar-refractivity contribution in [3.63, 3.8) is 0 Å². The largest absolute Gasteiger partial charge is 0.465 e. The fourth-order valence-electron chi connectivity index (χ4n) is 7.26. The average Bonchev–Trinajstić information content (AvgIpc) is 3.53. The summed E-state index contributed by atoms with van der Waals surface area (Å²) in [6, 6.07) is 31.3. The van der Waals surface area contributed by atoms with Crippen molar-refractivity contribution in [2.75, 3.05) is 11.4 Å². The Morgan fingerprint density at radius 1 is 0.913 bits per heavy atom. The fourth-order valence-corrected chi connectivity index (χ4v) is 7.26. The highest BCUT2D eigenvalue weighted by Crippen LogP contribution is 2.49. The molecule has 0 aliphatic carbocycles. The van der Waals surface area contributed by atoms with Crippen LogP contribution >= 0.6 is 0 Å². The molecule has 1 saturated heterocycles. The molecule has 0 bridgehead atoms. The predicted molar refractivity (Wildman–Crippen MR) is 177 cm³/mol. The maximum Gasteiger partial charge on any atom is 0.412 e. The van der Waals surface area contributed by atoms with Gasteiger partial charge in [0.05, 0.1) is 24.0 Å². The summed E-state index contributed by atoms with van der Waals surface area (Å²) >= 11 is 0. The van der Waals surface area contributed by atoms with E-state index in [0.717, 1.165) is 23.2 Å². The standard InChI is InChI=1S/C38H37FN4O3/c1-24-20-25(2)43(38(44)45)33-19-18-32(37(35(24)33)46-31-16-14-30(39)15-17-31)29-21-40-42(22-29)34-23-41(26(34)3)36(27-10-6-4-7-11-27)28-12-8-5-9-13-28/h4-19,21-22,24-26,34,36H,20,23H2,1-3H3,(H,44,45)/t24-,25?,26?,34?/m0/s1. The van der Waals surface area contributed by atoms with Crippen LogP contribution in [-0.4, -0.2) is 44.5 Å².